The standard InChI is InChI=1S/C5H11N.3ClH.Ta/c1-4-5(2,3)6;;;;/h4H2,1-3H3;3*1H;/q;;;;+3/p-3. The first-order valence-electron chi connectivity index (χ1n) is 2.99. The Balaban J connectivity index is 4.40. The molecule has 0 rings (SSSR count). The van der Waals surface area contributed by atoms with Crippen LogP contribution in [-0.4, -0.2) is 5.54 Å². The Hall–Kier alpha value is 1.41. The van der Waals surface area contributed by atoms with Crippen molar-refractivity contribution in [1.29, 1.82) is 0 Å². The quantitative estimate of drug-likeness (QED) is 0.695. The van der Waals surface area contributed by atoms with Crippen LogP contribution < -0.4 is 0 Å². The van der Waals surface area contributed by atoms with Gasteiger partial charge in [0.15, 0.2) is 0 Å². The normalized spacial score (nSPS) is 13.4. The number of nitrogens with zero attached hydrogens (tertiary/aromatic N) is 1. The van der Waals surface area contributed by atoms with Crippen LogP contribution in [0.5, 0.6) is 0 Å². The van der Waals surface area contributed by atoms with Crippen LogP contribution >= 0.6 is 27.6 Å². The molecule has 0 radical (unpaired) electrons. The van der Waals surface area contributed by atoms with Crippen molar-refractivity contribution < 1.29 is 13.7 Å². The molecule has 0 saturated heterocycles. The minimum absolute atomic E-state index is 0.149. The van der Waals surface area contributed by atoms with Crippen molar-refractivity contribution in [2.45, 2.75) is 32.7 Å². The Morgan fingerprint density at radius 3 is 1.80 bits per heavy atom. The Labute approximate surface area is 76.9 Å². The zero-order valence-electron chi connectivity index (χ0n) is 6.24. The summed E-state index contributed by atoms with van der Waals surface area (Å²) in [5, 5.41) is 0. The molecular weight excluding hydrogens is 361 g/mol. The van der Waals surface area contributed by atoms with Gasteiger partial charge in [0, 0.05) is 0 Å². The van der Waals surface area contributed by atoms with Gasteiger partial charge in [-0.05, 0) is 0 Å². The summed E-state index contributed by atoms with van der Waals surface area (Å²) < 4.78 is 4.17. The monoisotopic (exact) mass is 371 g/mol. The second-order valence-electron chi connectivity index (χ2n) is 2.68. The summed E-state index contributed by atoms with van der Waals surface area (Å²) in [7, 11) is 17.0. The van der Waals surface area contributed by atoms with E-state index in [0.717, 1.165) is 6.42 Å². The van der Waals surface area contributed by atoms with Crippen LogP contribution in [0.25, 0.3) is 0 Å². The first-order chi connectivity index (χ1) is 4.27. The molecule has 0 amide bonds. The zero-order chi connectivity index (χ0) is 8.41. The van der Waals surface area contributed by atoms with Crippen LogP contribution in [0.15, 0.2) is 3.34 Å². The predicted octanol–water partition coefficient (Wildman–Crippen LogP) is 3.97. The van der Waals surface area contributed by atoms with E-state index in [0.29, 0.717) is 0 Å². The van der Waals surface area contributed by atoms with Gasteiger partial charge in [0.2, 0.25) is 0 Å². The fraction of sp³-hybridized carbons (Fsp3) is 1.00. The molecular formula is C5H11Cl3NTa. The van der Waals surface area contributed by atoms with Crippen LogP contribution in [0, 0.1) is 0 Å². The number of rotatable bonds is 2. The van der Waals surface area contributed by atoms with Crippen LogP contribution in [-0.2, 0) is 13.7 Å². The third kappa shape index (κ3) is 6.14. The van der Waals surface area contributed by atoms with Crippen LogP contribution in [0.1, 0.15) is 27.2 Å². The topological polar surface area (TPSA) is 12.4 Å². The van der Waals surface area contributed by atoms with Gasteiger partial charge in [-0.25, -0.2) is 0 Å². The number of hydrogen-bond acceptors (Lipinski definition) is 1. The Morgan fingerprint density at radius 1 is 1.30 bits per heavy atom. The van der Waals surface area contributed by atoms with Gasteiger partial charge in [0.25, 0.3) is 0 Å². The van der Waals surface area contributed by atoms with E-state index in [1.165, 1.54) is 0 Å². The second-order valence-corrected chi connectivity index (χ2v) is 22.7. The zero-order valence-corrected chi connectivity index (χ0v) is 11.7. The molecule has 0 N–H and O–H groups in total. The maximum absolute atomic E-state index is 5.68. The predicted molar refractivity (Wildman–Crippen MR) is 44.4 cm³/mol. The second kappa shape index (κ2) is 3.88. The molecule has 0 bridgehead atoms. The molecule has 0 aromatic heterocycles. The molecule has 0 atom stereocenters. The van der Waals surface area contributed by atoms with E-state index in [1.54, 1.807) is 0 Å². The van der Waals surface area contributed by atoms with E-state index < -0.39 is 13.7 Å². The first-order valence-corrected chi connectivity index (χ1v) is 16.4. The van der Waals surface area contributed by atoms with Crippen molar-refractivity contribution in [3.63, 3.8) is 0 Å². The third-order valence-electron chi connectivity index (χ3n) is 1.25. The molecule has 0 fully saturated rings. The Bertz CT molecular complexity index is 152. The fourth-order valence-corrected chi connectivity index (χ4v) is 8.12. The molecule has 0 saturated carbocycles. The maximum atomic E-state index is 5.68. The van der Waals surface area contributed by atoms with E-state index in [2.05, 4.69) is 3.34 Å². The molecule has 0 unspecified atom stereocenters. The average Bonchev–Trinajstić information content (AvgIpc) is 1.60. The van der Waals surface area contributed by atoms with Crippen molar-refractivity contribution in [3.8, 4) is 0 Å². The van der Waals surface area contributed by atoms with Gasteiger partial charge < -0.3 is 0 Å². The fourth-order valence-electron chi connectivity index (χ4n) is 0.378. The van der Waals surface area contributed by atoms with Crippen molar-refractivity contribution in [2.24, 2.45) is 3.34 Å². The van der Waals surface area contributed by atoms with Gasteiger partial charge >= 0.3 is 77.3 Å². The van der Waals surface area contributed by atoms with E-state index in [4.69, 9.17) is 27.6 Å². The molecule has 0 aliphatic heterocycles. The molecule has 1 nitrogen and oxygen atoms in total. The summed E-state index contributed by atoms with van der Waals surface area (Å²) >= 11 is -3.49. The van der Waals surface area contributed by atoms with Crippen molar-refractivity contribution in [3.05, 3.63) is 0 Å². The molecule has 0 aromatic carbocycles. The van der Waals surface area contributed by atoms with E-state index in [-0.39, 0.29) is 5.54 Å². The van der Waals surface area contributed by atoms with E-state index >= 15 is 0 Å². The molecule has 0 heterocycles. The minimum atomic E-state index is -3.49. The Morgan fingerprint density at radius 2 is 1.70 bits per heavy atom. The molecule has 0 aliphatic rings. The molecule has 0 spiro atoms. The summed E-state index contributed by atoms with van der Waals surface area (Å²) in [6, 6.07) is 0. The molecule has 62 valence electrons. The van der Waals surface area contributed by atoms with Crippen molar-refractivity contribution >= 4 is 27.6 Å². The van der Waals surface area contributed by atoms with Gasteiger partial charge in [-0.1, -0.05) is 0 Å². The van der Waals surface area contributed by atoms with Gasteiger partial charge in [-0.3, -0.25) is 0 Å². The van der Waals surface area contributed by atoms with Crippen LogP contribution in [0.4, 0.5) is 0 Å². The van der Waals surface area contributed by atoms with Crippen LogP contribution in [0.3, 0.4) is 0 Å². The van der Waals surface area contributed by atoms with Gasteiger partial charge in [0.05, 0.1) is 0 Å². The summed E-state index contributed by atoms with van der Waals surface area (Å²) in [6.45, 7) is 5.99. The van der Waals surface area contributed by atoms with Gasteiger partial charge in [-0.2, -0.15) is 0 Å². The van der Waals surface area contributed by atoms with Crippen molar-refractivity contribution in [1.82, 2.24) is 0 Å². The third-order valence-corrected chi connectivity index (χ3v) is 5.87. The number of hydrogen-bond donors (Lipinski definition) is 0. The average molecular weight is 372 g/mol. The van der Waals surface area contributed by atoms with Crippen LogP contribution in [0.2, 0.25) is 0 Å². The summed E-state index contributed by atoms with van der Waals surface area (Å²) in [6.07, 6.45) is 0.916. The molecule has 0 aromatic rings. The van der Waals surface area contributed by atoms with E-state index in [9.17, 15) is 0 Å². The first kappa shape index (κ1) is 11.4. The molecule has 10 heavy (non-hydrogen) atoms. The van der Waals surface area contributed by atoms with Gasteiger partial charge in [0.1, 0.15) is 0 Å². The SMILES string of the molecule is CCC(C)(C)[N]=[Ta]([Cl])([Cl])[Cl]. The van der Waals surface area contributed by atoms with Crippen molar-refractivity contribution in [2.75, 3.05) is 0 Å². The summed E-state index contributed by atoms with van der Waals surface area (Å²) in [5.41, 5.74) is -0.149. The molecule has 0 aliphatic carbocycles. The summed E-state index contributed by atoms with van der Waals surface area (Å²) in [5.74, 6) is 0. The molecule has 5 heteroatoms. The Kier molecular flexibility index (Phi) is 4.43. The number of halogens is 3. The summed E-state index contributed by atoms with van der Waals surface area (Å²) in [4.78, 5) is 0. The van der Waals surface area contributed by atoms with E-state index in [1.807, 2.05) is 20.8 Å². The van der Waals surface area contributed by atoms with Gasteiger partial charge in [-0.15, -0.1) is 0 Å².